The highest BCUT2D eigenvalue weighted by Gasteiger charge is 2.39. The van der Waals surface area contributed by atoms with Gasteiger partial charge in [-0.15, -0.1) is 0 Å². The van der Waals surface area contributed by atoms with Crippen LogP contribution >= 0.6 is 0 Å². The first-order valence-corrected chi connectivity index (χ1v) is 20.9. The van der Waals surface area contributed by atoms with Gasteiger partial charge in [0.15, 0.2) is 0 Å². The number of hydrogen-bond donors (Lipinski definition) is 2. The van der Waals surface area contributed by atoms with Gasteiger partial charge in [-0.3, -0.25) is 4.79 Å². The molecule has 8 heteroatoms. The van der Waals surface area contributed by atoms with Crippen LogP contribution in [0.15, 0.2) is 65.6 Å². The van der Waals surface area contributed by atoms with Crippen molar-refractivity contribution in [3.63, 3.8) is 0 Å². The van der Waals surface area contributed by atoms with Crippen LogP contribution in [0.2, 0.25) is 0 Å². The monoisotopic (exact) mass is 704 g/mol. The molecule has 5 atom stereocenters. The van der Waals surface area contributed by atoms with Crippen molar-refractivity contribution >= 4 is 17.3 Å². The van der Waals surface area contributed by atoms with Crippen LogP contribution in [-0.2, 0) is 27.3 Å². The Hall–Kier alpha value is -2.52. The molecule has 2 aliphatic carbocycles. The van der Waals surface area contributed by atoms with Crippen molar-refractivity contribution in [1.82, 2.24) is 19.8 Å². The van der Waals surface area contributed by atoms with Crippen molar-refractivity contribution in [2.24, 2.45) is 17.8 Å². The van der Waals surface area contributed by atoms with Crippen LogP contribution in [0, 0.1) is 24.7 Å². The number of rotatable bonds is 13. The van der Waals surface area contributed by atoms with E-state index in [1.807, 2.05) is 32.1 Å². The van der Waals surface area contributed by atoms with Crippen LogP contribution in [0.5, 0.6) is 0 Å². The van der Waals surface area contributed by atoms with Crippen LogP contribution in [0.4, 0.5) is 0 Å². The van der Waals surface area contributed by atoms with Gasteiger partial charge in [0.1, 0.15) is 11.0 Å². The Labute approximate surface area is 306 Å². The topological polar surface area (TPSA) is 79.9 Å². The molecule has 2 fully saturated rings. The summed E-state index contributed by atoms with van der Waals surface area (Å²) in [6, 6.07) is 6.97. The van der Waals surface area contributed by atoms with E-state index in [-0.39, 0.29) is 17.1 Å². The fraction of sp³-hybridized carbons (Fsp3) is 0.643. The van der Waals surface area contributed by atoms with Gasteiger partial charge in [-0.2, -0.15) is 4.72 Å². The van der Waals surface area contributed by atoms with Gasteiger partial charge in [-0.1, -0.05) is 68.7 Å². The zero-order valence-corrected chi connectivity index (χ0v) is 32.4. The van der Waals surface area contributed by atoms with Crippen LogP contribution in [0.1, 0.15) is 102 Å². The summed E-state index contributed by atoms with van der Waals surface area (Å²) in [6.07, 6.45) is 21.1. The number of allylic oxidation sites excluding steroid dienone is 3. The molecule has 7 nitrogen and oxygen atoms in total. The molecule has 1 amide bonds. The van der Waals surface area contributed by atoms with Gasteiger partial charge in [-0.25, -0.2) is 0 Å². The van der Waals surface area contributed by atoms with E-state index in [0.29, 0.717) is 36.4 Å². The number of hydrogen-bond acceptors (Lipinski definition) is 6. The highest BCUT2D eigenvalue weighted by atomic mass is 32.2. The standard InChI is InChI=1S/C42H64N4O3S/c1-6-8-13-35(27-45-24-11-9-10-22-43-23-25-45)39-19-15-36(39)28-46-29-37(38-18-14-32(5)26-34(38)12-7-2)30-49-41-21-17-33(16-20-40(41)46)42(47)44-50(48)31(3)4/h8,13-14,16-18,21,26,31,35-37,39,43H,6-7,9-12,15,19-20,22-25,27-30H2,1-5H3,(H,44,47)/b13-8+/t35-,36+,37+,39+,50?/m1/s1. The van der Waals surface area contributed by atoms with Crippen molar-refractivity contribution in [2.45, 2.75) is 104 Å². The van der Waals surface area contributed by atoms with Gasteiger partial charge in [0.05, 0.1) is 23.7 Å². The number of amides is 1. The zero-order valence-electron chi connectivity index (χ0n) is 31.6. The lowest BCUT2D eigenvalue weighted by Gasteiger charge is -2.45. The van der Waals surface area contributed by atoms with Crippen LogP contribution in [0.3, 0.4) is 0 Å². The van der Waals surface area contributed by atoms with E-state index in [4.69, 9.17) is 4.74 Å². The Morgan fingerprint density at radius 1 is 1.14 bits per heavy atom. The third-order valence-electron chi connectivity index (χ3n) is 11.1. The summed E-state index contributed by atoms with van der Waals surface area (Å²) in [5, 5.41) is 3.51. The first kappa shape index (κ1) is 38.7. The minimum Gasteiger partial charge on any atom is -0.593 e. The SMILES string of the molecule is CC/C=C/[C@H](CN1CCCCCNCC1)[C@@H]1CC[C@H]1CN1C[C@H](c2ccc(C)cc2CCC)COC2=C1CC=C(C(=O)N[S+]([O-])C(C)C)C=C2. The molecule has 1 aromatic carbocycles. The van der Waals surface area contributed by atoms with E-state index in [1.54, 1.807) is 0 Å². The van der Waals surface area contributed by atoms with Gasteiger partial charge in [0.25, 0.3) is 5.91 Å². The second-order valence-electron chi connectivity index (χ2n) is 15.3. The maximum Gasteiger partial charge on any atom is 0.291 e. The molecule has 276 valence electrons. The molecular formula is C42H64N4O3S. The largest absolute Gasteiger partial charge is 0.593 e. The summed E-state index contributed by atoms with van der Waals surface area (Å²) in [6.45, 7) is 18.6. The fourth-order valence-corrected chi connectivity index (χ4v) is 8.67. The molecule has 4 aliphatic rings. The van der Waals surface area contributed by atoms with E-state index in [9.17, 15) is 9.35 Å². The molecule has 0 aromatic heterocycles. The highest BCUT2D eigenvalue weighted by Crippen LogP contribution is 2.43. The predicted octanol–water partition coefficient (Wildman–Crippen LogP) is 7.33. The smallest absolute Gasteiger partial charge is 0.291 e. The van der Waals surface area contributed by atoms with Gasteiger partial charge in [0, 0.05) is 50.6 Å². The van der Waals surface area contributed by atoms with Crippen LogP contribution in [-0.4, -0.2) is 77.9 Å². The van der Waals surface area contributed by atoms with E-state index < -0.39 is 11.4 Å². The molecule has 2 heterocycles. The summed E-state index contributed by atoms with van der Waals surface area (Å²) < 4.78 is 21.8. The van der Waals surface area contributed by atoms with Crippen molar-refractivity contribution in [2.75, 3.05) is 52.4 Å². The molecule has 1 saturated carbocycles. The molecular weight excluding hydrogens is 641 g/mol. The van der Waals surface area contributed by atoms with E-state index in [2.05, 4.69) is 71.0 Å². The van der Waals surface area contributed by atoms with Crippen LogP contribution < -0.4 is 10.0 Å². The normalized spacial score (nSPS) is 25.0. The summed E-state index contributed by atoms with van der Waals surface area (Å²) in [5.41, 5.74) is 5.87. The Kier molecular flexibility index (Phi) is 15.0. The average molecular weight is 705 g/mol. The summed E-state index contributed by atoms with van der Waals surface area (Å²) in [7, 11) is 0. The zero-order chi connectivity index (χ0) is 35.5. The van der Waals surface area contributed by atoms with Crippen molar-refractivity contribution in [1.29, 1.82) is 0 Å². The maximum atomic E-state index is 13.1. The number of carbonyl (C=O) groups excluding carboxylic acids is 1. The van der Waals surface area contributed by atoms with E-state index in [1.165, 1.54) is 55.3 Å². The molecule has 1 unspecified atom stereocenters. The first-order chi connectivity index (χ1) is 24.3. The summed E-state index contributed by atoms with van der Waals surface area (Å²) >= 11 is -1.42. The van der Waals surface area contributed by atoms with E-state index >= 15 is 0 Å². The first-order valence-electron chi connectivity index (χ1n) is 19.7. The van der Waals surface area contributed by atoms with Gasteiger partial charge < -0.3 is 24.4 Å². The summed E-state index contributed by atoms with van der Waals surface area (Å²) in [4.78, 5) is 18.5. The van der Waals surface area contributed by atoms with Gasteiger partial charge in [0.2, 0.25) is 0 Å². The number of ether oxygens (including phenoxy) is 1. The Bertz CT molecular complexity index is 1380. The molecule has 1 saturated heterocycles. The van der Waals surface area contributed by atoms with Gasteiger partial charge >= 0.3 is 0 Å². The van der Waals surface area contributed by atoms with Crippen LogP contribution in [0.25, 0.3) is 0 Å². The van der Waals surface area contributed by atoms with Crippen molar-refractivity contribution in [3.05, 3.63) is 82.3 Å². The van der Waals surface area contributed by atoms with Crippen molar-refractivity contribution < 1.29 is 14.1 Å². The van der Waals surface area contributed by atoms with Gasteiger partial charge in [-0.05, 0) is 113 Å². The molecule has 0 spiro atoms. The fourth-order valence-electron chi connectivity index (χ4n) is 8.14. The number of carbonyl (C=O) groups is 1. The second-order valence-corrected chi connectivity index (χ2v) is 17.0. The quantitative estimate of drug-likeness (QED) is 0.165. The third-order valence-corrected chi connectivity index (χ3v) is 12.4. The molecule has 2 N–H and O–H groups in total. The Morgan fingerprint density at radius 2 is 2.00 bits per heavy atom. The lowest BCUT2D eigenvalue weighted by molar-refractivity contribution is -0.115. The summed E-state index contributed by atoms with van der Waals surface area (Å²) in [5.74, 6) is 2.64. The number of aryl methyl sites for hydroxylation is 2. The average Bonchev–Trinajstić information content (AvgIpc) is 3.32. The number of benzene rings is 1. The minimum absolute atomic E-state index is 0.143. The van der Waals surface area contributed by atoms with Crippen molar-refractivity contribution in [3.8, 4) is 0 Å². The molecule has 2 aliphatic heterocycles. The maximum absolute atomic E-state index is 13.1. The molecule has 50 heavy (non-hydrogen) atoms. The molecule has 1 aromatic rings. The Morgan fingerprint density at radius 3 is 2.76 bits per heavy atom. The number of nitrogens with zero attached hydrogens (tertiary/aromatic N) is 2. The highest BCUT2D eigenvalue weighted by molar-refractivity contribution is 7.90. The lowest BCUT2D eigenvalue weighted by atomic mass is 9.66. The second kappa shape index (κ2) is 19.4. The lowest BCUT2D eigenvalue weighted by Crippen LogP contribution is -2.45. The number of nitrogens with one attached hydrogen (secondary N) is 2. The van der Waals surface area contributed by atoms with E-state index in [0.717, 1.165) is 70.0 Å². The molecule has 5 rings (SSSR count). The third kappa shape index (κ3) is 10.5. The minimum atomic E-state index is -1.42. The molecule has 0 bridgehead atoms. The molecule has 0 radical (unpaired) electrons. The Balaban J connectivity index is 1.39. The predicted molar refractivity (Wildman–Crippen MR) is 208 cm³/mol.